The molecule has 3 rings (SSSR count). The van der Waals surface area contributed by atoms with Gasteiger partial charge in [0.1, 0.15) is 11.6 Å². The standard InChI is InChI=1S/C18H11ClF4N4O3/c19-13-9-10(20)1-6-14(13)25-16(28)15-7-8-27(26-15)17(29)24-11-2-4-12(5-3-11)30-18(21,22)23/h1-9H,(H,24,29)(H,25,28). The fourth-order valence-corrected chi connectivity index (χ4v) is 2.47. The van der Waals surface area contributed by atoms with Gasteiger partial charge in [0.15, 0.2) is 5.69 Å². The lowest BCUT2D eigenvalue weighted by atomic mass is 10.3. The summed E-state index contributed by atoms with van der Waals surface area (Å²) >= 11 is 5.84. The lowest BCUT2D eigenvalue weighted by molar-refractivity contribution is -0.274. The van der Waals surface area contributed by atoms with E-state index in [-0.39, 0.29) is 22.1 Å². The summed E-state index contributed by atoms with van der Waals surface area (Å²) in [5, 5.41) is 8.63. The molecule has 3 aromatic rings. The molecule has 7 nitrogen and oxygen atoms in total. The average molecular weight is 443 g/mol. The van der Waals surface area contributed by atoms with Crippen LogP contribution in [0.4, 0.5) is 33.7 Å². The third kappa shape index (κ3) is 5.47. The fourth-order valence-electron chi connectivity index (χ4n) is 2.26. The number of benzene rings is 2. The summed E-state index contributed by atoms with van der Waals surface area (Å²) in [5.74, 6) is -1.71. The number of anilines is 2. The van der Waals surface area contributed by atoms with Crippen LogP contribution in [-0.2, 0) is 0 Å². The van der Waals surface area contributed by atoms with Crippen LogP contribution in [0, 0.1) is 5.82 Å². The van der Waals surface area contributed by atoms with Crippen molar-refractivity contribution in [2.45, 2.75) is 6.36 Å². The quantitative estimate of drug-likeness (QED) is 0.562. The number of halogens is 5. The maximum atomic E-state index is 13.1. The molecule has 30 heavy (non-hydrogen) atoms. The number of ether oxygens (including phenoxy) is 1. The molecule has 0 saturated carbocycles. The average Bonchev–Trinajstić information content (AvgIpc) is 3.15. The van der Waals surface area contributed by atoms with E-state index in [9.17, 15) is 27.2 Å². The van der Waals surface area contributed by atoms with Crippen LogP contribution in [0.5, 0.6) is 5.75 Å². The molecule has 1 heterocycles. The van der Waals surface area contributed by atoms with Gasteiger partial charge in [0.25, 0.3) is 5.91 Å². The van der Waals surface area contributed by atoms with E-state index in [0.717, 1.165) is 28.9 Å². The van der Waals surface area contributed by atoms with Crippen molar-refractivity contribution >= 4 is 34.9 Å². The van der Waals surface area contributed by atoms with Crippen molar-refractivity contribution in [1.82, 2.24) is 9.78 Å². The van der Waals surface area contributed by atoms with Crippen LogP contribution in [0.2, 0.25) is 5.02 Å². The van der Waals surface area contributed by atoms with Gasteiger partial charge in [0.2, 0.25) is 0 Å². The van der Waals surface area contributed by atoms with Crippen LogP contribution in [0.3, 0.4) is 0 Å². The number of carbonyl (C=O) groups is 2. The highest BCUT2D eigenvalue weighted by Gasteiger charge is 2.31. The molecule has 0 radical (unpaired) electrons. The van der Waals surface area contributed by atoms with Gasteiger partial charge in [0.05, 0.1) is 10.7 Å². The Kier molecular flexibility index (Phi) is 5.92. The van der Waals surface area contributed by atoms with Gasteiger partial charge in [-0.15, -0.1) is 13.2 Å². The van der Waals surface area contributed by atoms with E-state index in [2.05, 4.69) is 20.5 Å². The SMILES string of the molecule is O=C(Nc1ccc(F)cc1Cl)c1ccn(C(=O)Nc2ccc(OC(F)(F)F)cc2)n1. The van der Waals surface area contributed by atoms with Crippen LogP contribution >= 0.6 is 11.6 Å². The van der Waals surface area contributed by atoms with Gasteiger partial charge in [-0.2, -0.15) is 9.78 Å². The van der Waals surface area contributed by atoms with Gasteiger partial charge < -0.3 is 15.4 Å². The number of carbonyl (C=O) groups excluding carboxylic acids is 2. The minimum absolute atomic E-state index is 0.0153. The van der Waals surface area contributed by atoms with Gasteiger partial charge in [0, 0.05) is 11.9 Å². The largest absolute Gasteiger partial charge is 0.573 e. The zero-order valence-electron chi connectivity index (χ0n) is 14.7. The molecule has 12 heteroatoms. The summed E-state index contributed by atoms with van der Waals surface area (Å²) in [6, 6.07) is 8.34. The molecular formula is C18H11ClF4N4O3. The molecule has 0 bridgehead atoms. The normalized spacial score (nSPS) is 11.1. The number of rotatable bonds is 4. The third-order valence-electron chi connectivity index (χ3n) is 3.55. The summed E-state index contributed by atoms with van der Waals surface area (Å²) in [6.45, 7) is 0. The molecule has 0 atom stereocenters. The van der Waals surface area contributed by atoms with Crippen molar-refractivity contribution < 1.29 is 31.9 Å². The summed E-state index contributed by atoms with van der Waals surface area (Å²) in [7, 11) is 0. The van der Waals surface area contributed by atoms with Gasteiger partial charge >= 0.3 is 12.4 Å². The van der Waals surface area contributed by atoms with Gasteiger partial charge in [-0.1, -0.05) is 11.6 Å². The number of hydrogen-bond acceptors (Lipinski definition) is 4. The number of nitrogens with zero attached hydrogens (tertiary/aromatic N) is 2. The van der Waals surface area contributed by atoms with Gasteiger partial charge in [-0.25, -0.2) is 9.18 Å². The lowest BCUT2D eigenvalue weighted by Gasteiger charge is -2.09. The van der Waals surface area contributed by atoms with Crippen molar-refractivity contribution in [2.24, 2.45) is 0 Å². The molecule has 0 aliphatic rings. The Morgan fingerprint density at radius 1 is 1.03 bits per heavy atom. The van der Waals surface area contributed by atoms with E-state index < -0.39 is 29.9 Å². The summed E-state index contributed by atoms with van der Waals surface area (Å²) in [4.78, 5) is 24.4. The topological polar surface area (TPSA) is 85.2 Å². The molecule has 0 aliphatic carbocycles. The second-order valence-electron chi connectivity index (χ2n) is 5.73. The molecule has 0 saturated heterocycles. The van der Waals surface area contributed by atoms with E-state index in [1.807, 2.05) is 0 Å². The molecule has 2 N–H and O–H groups in total. The molecule has 156 valence electrons. The predicted molar refractivity (Wildman–Crippen MR) is 99.1 cm³/mol. The first-order chi connectivity index (χ1) is 14.1. The number of aromatic nitrogens is 2. The summed E-state index contributed by atoms with van der Waals surface area (Å²) < 4.78 is 54.1. The van der Waals surface area contributed by atoms with Crippen LogP contribution in [0.25, 0.3) is 0 Å². The van der Waals surface area contributed by atoms with Crippen LogP contribution in [0.1, 0.15) is 10.5 Å². The second kappa shape index (κ2) is 8.41. The lowest BCUT2D eigenvalue weighted by Crippen LogP contribution is -2.21. The van der Waals surface area contributed by atoms with E-state index in [1.54, 1.807) is 0 Å². The molecule has 2 amide bonds. The zero-order chi connectivity index (χ0) is 21.9. The Bertz CT molecular complexity index is 1080. The monoisotopic (exact) mass is 442 g/mol. The number of amides is 2. The Morgan fingerprint density at radius 2 is 1.73 bits per heavy atom. The van der Waals surface area contributed by atoms with Crippen molar-refractivity contribution in [1.29, 1.82) is 0 Å². The molecule has 0 fully saturated rings. The van der Waals surface area contributed by atoms with E-state index >= 15 is 0 Å². The molecular weight excluding hydrogens is 432 g/mol. The number of alkyl halides is 3. The fraction of sp³-hybridized carbons (Fsp3) is 0.0556. The smallest absolute Gasteiger partial charge is 0.406 e. The van der Waals surface area contributed by atoms with Crippen LogP contribution < -0.4 is 15.4 Å². The third-order valence-corrected chi connectivity index (χ3v) is 3.86. The van der Waals surface area contributed by atoms with Crippen molar-refractivity contribution in [2.75, 3.05) is 10.6 Å². The maximum absolute atomic E-state index is 13.1. The first kappa shape index (κ1) is 21.1. The van der Waals surface area contributed by atoms with Crippen LogP contribution in [-0.4, -0.2) is 28.1 Å². The Morgan fingerprint density at radius 3 is 2.37 bits per heavy atom. The van der Waals surface area contributed by atoms with Crippen molar-refractivity contribution in [3.63, 3.8) is 0 Å². The molecule has 2 aromatic carbocycles. The Hall–Kier alpha value is -3.60. The van der Waals surface area contributed by atoms with Gasteiger partial charge in [-0.3, -0.25) is 4.79 Å². The first-order valence-corrected chi connectivity index (χ1v) is 8.48. The minimum atomic E-state index is -4.82. The zero-order valence-corrected chi connectivity index (χ0v) is 15.5. The summed E-state index contributed by atoms with van der Waals surface area (Å²) in [6.07, 6.45) is -3.62. The molecule has 0 aliphatic heterocycles. The van der Waals surface area contributed by atoms with E-state index in [4.69, 9.17) is 11.6 Å². The summed E-state index contributed by atoms with van der Waals surface area (Å²) in [5.41, 5.74) is 0.205. The van der Waals surface area contributed by atoms with E-state index in [1.165, 1.54) is 30.5 Å². The highest BCUT2D eigenvalue weighted by atomic mass is 35.5. The molecule has 0 unspecified atom stereocenters. The van der Waals surface area contributed by atoms with Crippen molar-refractivity contribution in [3.05, 3.63) is 71.3 Å². The van der Waals surface area contributed by atoms with Crippen molar-refractivity contribution in [3.8, 4) is 5.75 Å². The van der Waals surface area contributed by atoms with E-state index in [0.29, 0.717) is 0 Å². The van der Waals surface area contributed by atoms with Gasteiger partial charge in [-0.05, 0) is 48.5 Å². The molecule has 0 spiro atoms. The number of nitrogens with one attached hydrogen (secondary N) is 2. The predicted octanol–water partition coefficient (Wildman–Crippen LogP) is 4.91. The second-order valence-corrected chi connectivity index (χ2v) is 6.13. The van der Waals surface area contributed by atoms with Crippen LogP contribution in [0.15, 0.2) is 54.7 Å². The Labute approximate surface area is 171 Å². The first-order valence-electron chi connectivity index (χ1n) is 8.10. The minimum Gasteiger partial charge on any atom is -0.406 e. The molecule has 1 aromatic heterocycles. The maximum Gasteiger partial charge on any atom is 0.573 e. The highest BCUT2D eigenvalue weighted by Crippen LogP contribution is 2.24. The number of hydrogen-bond donors (Lipinski definition) is 2. The Balaban J connectivity index is 1.63. The highest BCUT2D eigenvalue weighted by molar-refractivity contribution is 6.33.